The summed E-state index contributed by atoms with van der Waals surface area (Å²) in [6, 6.07) is 22.0. The molecular formula is C30H31FN2O2S. The highest BCUT2D eigenvalue weighted by Crippen LogP contribution is 2.39. The number of halogens is 1. The first-order valence-corrected chi connectivity index (χ1v) is 12.5. The molecule has 0 saturated heterocycles. The van der Waals surface area contributed by atoms with Crippen LogP contribution >= 0.6 is 11.8 Å². The first-order valence-electron chi connectivity index (χ1n) is 11.7. The van der Waals surface area contributed by atoms with E-state index >= 15 is 0 Å². The van der Waals surface area contributed by atoms with Crippen molar-refractivity contribution in [2.24, 2.45) is 5.73 Å². The van der Waals surface area contributed by atoms with Crippen LogP contribution in [0, 0.1) is 0 Å². The summed E-state index contributed by atoms with van der Waals surface area (Å²) in [6.45, 7) is 5.78. The quantitative estimate of drug-likeness (QED) is 0.279. The molecule has 1 aliphatic rings. The molecule has 4 rings (SSSR count). The molecule has 3 aromatic carbocycles. The van der Waals surface area contributed by atoms with Crippen LogP contribution in [0.2, 0.25) is 0 Å². The van der Waals surface area contributed by atoms with E-state index < -0.39 is 0 Å². The van der Waals surface area contributed by atoms with Crippen molar-refractivity contribution in [1.82, 2.24) is 0 Å². The van der Waals surface area contributed by atoms with Crippen molar-refractivity contribution >= 4 is 35.8 Å². The first-order chi connectivity index (χ1) is 17.5. The van der Waals surface area contributed by atoms with E-state index in [2.05, 4.69) is 35.3 Å². The van der Waals surface area contributed by atoms with Crippen LogP contribution in [0.15, 0.2) is 107 Å². The molecular weight excluding hydrogens is 471 g/mol. The summed E-state index contributed by atoms with van der Waals surface area (Å²) in [5.41, 5.74) is 8.98. The lowest BCUT2D eigenvalue weighted by atomic mass is 10.0. The van der Waals surface area contributed by atoms with Gasteiger partial charge in [0.2, 0.25) is 6.41 Å². The summed E-state index contributed by atoms with van der Waals surface area (Å²) >= 11 is 1.61. The third kappa shape index (κ3) is 8.40. The van der Waals surface area contributed by atoms with Crippen molar-refractivity contribution in [2.45, 2.75) is 37.0 Å². The third-order valence-electron chi connectivity index (χ3n) is 4.87. The van der Waals surface area contributed by atoms with Crippen molar-refractivity contribution in [3.05, 3.63) is 119 Å². The van der Waals surface area contributed by atoms with Crippen LogP contribution in [0.4, 0.5) is 10.1 Å². The predicted octanol–water partition coefficient (Wildman–Crippen LogP) is 7.56. The number of fused-ring (bicyclic) bond motifs is 2. The van der Waals surface area contributed by atoms with Gasteiger partial charge in [0.15, 0.2) is 0 Å². The zero-order valence-electron chi connectivity index (χ0n) is 20.7. The summed E-state index contributed by atoms with van der Waals surface area (Å²) in [5, 5.41) is 3.05. The highest BCUT2D eigenvalue weighted by atomic mass is 32.2. The lowest BCUT2D eigenvalue weighted by molar-refractivity contribution is -0.106. The van der Waals surface area contributed by atoms with E-state index in [9.17, 15) is 9.18 Å². The lowest BCUT2D eigenvalue weighted by Crippen LogP contribution is -2.11. The average Bonchev–Trinajstić information content (AvgIpc) is 3.02. The molecule has 0 fully saturated rings. The normalized spacial score (nSPS) is 12.3. The number of anilines is 1. The van der Waals surface area contributed by atoms with Crippen molar-refractivity contribution in [3.63, 3.8) is 0 Å². The van der Waals surface area contributed by atoms with Gasteiger partial charge in [-0.15, -0.1) is 0 Å². The predicted molar refractivity (Wildman–Crippen MR) is 149 cm³/mol. The molecule has 0 radical (unpaired) electrons. The molecule has 0 saturated carbocycles. The van der Waals surface area contributed by atoms with E-state index in [1.165, 1.54) is 12.2 Å². The monoisotopic (exact) mass is 502 g/mol. The molecule has 0 bridgehead atoms. The summed E-state index contributed by atoms with van der Waals surface area (Å²) < 4.78 is 13.4. The van der Waals surface area contributed by atoms with Crippen LogP contribution in [-0.2, 0) is 11.2 Å². The fourth-order valence-electron chi connectivity index (χ4n) is 3.43. The van der Waals surface area contributed by atoms with E-state index in [1.807, 2.05) is 62.4 Å². The Morgan fingerprint density at radius 1 is 1.00 bits per heavy atom. The second-order valence-electron chi connectivity index (χ2n) is 7.35. The molecule has 186 valence electrons. The zero-order valence-corrected chi connectivity index (χ0v) is 21.5. The minimum atomic E-state index is -0.276. The Morgan fingerprint density at radius 3 is 2.47 bits per heavy atom. The van der Waals surface area contributed by atoms with Gasteiger partial charge in [-0.25, -0.2) is 4.39 Å². The number of benzene rings is 3. The van der Waals surface area contributed by atoms with Gasteiger partial charge in [0.25, 0.3) is 5.91 Å². The average molecular weight is 503 g/mol. The van der Waals surface area contributed by atoms with Crippen molar-refractivity contribution in [3.8, 4) is 0 Å². The molecule has 2 amide bonds. The number of primary amides is 1. The molecule has 36 heavy (non-hydrogen) atoms. The molecule has 0 atom stereocenters. The molecule has 0 spiro atoms. The largest absolute Gasteiger partial charge is 0.372 e. The number of carbonyl (C=O) groups excluding carboxylic acids is 2. The van der Waals surface area contributed by atoms with Crippen LogP contribution in [0.1, 0.15) is 47.8 Å². The Hall–Kier alpha value is -3.90. The van der Waals surface area contributed by atoms with Crippen molar-refractivity contribution in [1.29, 1.82) is 0 Å². The fraction of sp³-hybridized carbons (Fsp3) is 0.133. The van der Waals surface area contributed by atoms with Crippen molar-refractivity contribution in [2.75, 3.05) is 5.32 Å². The Kier molecular flexibility index (Phi) is 11.9. The highest BCUT2D eigenvalue weighted by Gasteiger charge is 2.19. The molecule has 0 unspecified atom stereocenters. The number of nitrogens with two attached hydrogens (primary N) is 1. The van der Waals surface area contributed by atoms with E-state index in [0.717, 1.165) is 38.6 Å². The van der Waals surface area contributed by atoms with Gasteiger partial charge >= 0.3 is 0 Å². The number of carbonyl (C=O) groups is 2. The maximum absolute atomic E-state index is 13.4. The number of hydrogen-bond donors (Lipinski definition) is 2. The topological polar surface area (TPSA) is 72.2 Å². The lowest BCUT2D eigenvalue weighted by Gasteiger charge is -2.10. The van der Waals surface area contributed by atoms with E-state index in [-0.39, 0.29) is 18.1 Å². The smallest absolute Gasteiger partial charge is 0.256 e. The van der Waals surface area contributed by atoms with Gasteiger partial charge in [-0.2, -0.15) is 0 Å². The van der Waals surface area contributed by atoms with Crippen LogP contribution in [0.5, 0.6) is 0 Å². The molecule has 0 aromatic heterocycles. The first kappa shape index (κ1) is 28.3. The molecule has 0 aliphatic carbocycles. The van der Waals surface area contributed by atoms with Gasteiger partial charge in [0.05, 0.1) is 11.3 Å². The second-order valence-corrected chi connectivity index (χ2v) is 8.44. The van der Waals surface area contributed by atoms with Gasteiger partial charge in [-0.3, -0.25) is 9.59 Å². The van der Waals surface area contributed by atoms with Gasteiger partial charge in [0, 0.05) is 9.79 Å². The molecule has 1 aliphatic heterocycles. The number of amides is 2. The number of allylic oxidation sites excluding steroid dienone is 5. The second kappa shape index (κ2) is 15.2. The minimum absolute atomic E-state index is 0.0793. The highest BCUT2D eigenvalue weighted by molar-refractivity contribution is 7.99. The maximum atomic E-state index is 13.4. The van der Waals surface area contributed by atoms with Gasteiger partial charge in [0.1, 0.15) is 5.83 Å². The fourth-order valence-corrected chi connectivity index (χ4v) is 4.44. The van der Waals surface area contributed by atoms with Gasteiger partial charge in [-0.05, 0) is 66.5 Å². The van der Waals surface area contributed by atoms with Crippen LogP contribution in [0.25, 0.3) is 6.08 Å². The third-order valence-corrected chi connectivity index (χ3v) is 6.02. The molecule has 3 N–H and O–H groups in total. The maximum Gasteiger partial charge on any atom is 0.256 e. The summed E-state index contributed by atoms with van der Waals surface area (Å²) in [6.07, 6.45) is 9.12. The Balaban J connectivity index is 0.000000850. The van der Waals surface area contributed by atoms with Gasteiger partial charge in [-0.1, -0.05) is 86.3 Å². The van der Waals surface area contributed by atoms with Crippen molar-refractivity contribution < 1.29 is 14.0 Å². The molecule has 4 nitrogen and oxygen atoms in total. The van der Waals surface area contributed by atoms with E-state index in [1.54, 1.807) is 30.8 Å². The van der Waals surface area contributed by atoms with Gasteiger partial charge < -0.3 is 11.1 Å². The van der Waals surface area contributed by atoms with E-state index in [4.69, 9.17) is 4.79 Å². The zero-order chi connectivity index (χ0) is 26.3. The summed E-state index contributed by atoms with van der Waals surface area (Å²) in [4.78, 5) is 23.2. The molecule has 6 heteroatoms. The Labute approximate surface area is 216 Å². The molecule has 3 aromatic rings. The Morgan fingerprint density at radius 2 is 1.72 bits per heavy atom. The van der Waals surface area contributed by atoms with Crippen LogP contribution in [0.3, 0.4) is 0 Å². The minimum Gasteiger partial charge on any atom is -0.372 e. The van der Waals surface area contributed by atoms with E-state index in [0.29, 0.717) is 5.56 Å². The standard InChI is InChI=1S/C27H22FNOS.C2H6.CH3NO/c1-2-7-22(28)11-6-9-19-8-5-10-20(16-19)17-21-14-15-26-24(18-21)29-27(30)23-12-3-4-13-25(23)31-26;1-2;2-1-3/h2-16,18H,17H2,1H3,(H,29,30);1-2H3;1H,(H2,2,3)/b7-2-,9-6+,22-11+;;. The van der Waals surface area contributed by atoms with Crippen LogP contribution < -0.4 is 11.1 Å². The number of rotatable bonds is 5. The summed E-state index contributed by atoms with van der Waals surface area (Å²) in [7, 11) is 0. The van der Waals surface area contributed by atoms with Crippen LogP contribution in [-0.4, -0.2) is 12.3 Å². The number of nitrogens with one attached hydrogen (secondary N) is 1. The number of hydrogen-bond acceptors (Lipinski definition) is 3. The molecule has 1 heterocycles. The summed E-state index contributed by atoms with van der Waals surface area (Å²) in [5.74, 6) is -0.355. The SMILES string of the molecule is CC.C\C=C/C(F)=C\C=C\c1cccc(Cc2ccc3c(c2)NC(=O)c2ccccc2S3)c1.NC=O. The Bertz CT molecular complexity index is 1270.